The SMILES string of the molecule is COc1cncc(Oc2ccc(C(=O)N3CC(N4CCN(C(=O)c5ccccc5)CC4)C3)cc2)c1. The molecule has 3 heterocycles. The van der Waals surface area contributed by atoms with Gasteiger partial charge in [0.05, 0.1) is 19.5 Å². The van der Waals surface area contributed by atoms with Crippen LogP contribution >= 0.6 is 0 Å². The molecule has 35 heavy (non-hydrogen) atoms. The molecule has 2 fully saturated rings. The van der Waals surface area contributed by atoms with E-state index < -0.39 is 0 Å². The van der Waals surface area contributed by atoms with Crippen molar-refractivity contribution in [1.82, 2.24) is 19.7 Å². The average Bonchev–Trinajstić information content (AvgIpc) is 2.89. The molecule has 0 spiro atoms. The predicted molar refractivity (Wildman–Crippen MR) is 131 cm³/mol. The maximum absolute atomic E-state index is 12.9. The van der Waals surface area contributed by atoms with Gasteiger partial charge in [-0.3, -0.25) is 19.5 Å². The molecule has 2 aromatic carbocycles. The summed E-state index contributed by atoms with van der Waals surface area (Å²) < 4.78 is 11.0. The van der Waals surface area contributed by atoms with Crippen LogP contribution < -0.4 is 9.47 Å². The van der Waals surface area contributed by atoms with Crippen molar-refractivity contribution in [2.75, 3.05) is 46.4 Å². The molecular weight excluding hydrogens is 444 g/mol. The number of methoxy groups -OCH3 is 1. The van der Waals surface area contributed by atoms with Gasteiger partial charge in [-0.25, -0.2) is 0 Å². The third kappa shape index (κ3) is 5.12. The van der Waals surface area contributed by atoms with Crippen molar-refractivity contribution < 1.29 is 19.1 Å². The van der Waals surface area contributed by atoms with Gasteiger partial charge < -0.3 is 19.3 Å². The average molecular weight is 473 g/mol. The molecule has 0 atom stereocenters. The smallest absolute Gasteiger partial charge is 0.253 e. The highest BCUT2D eigenvalue weighted by Crippen LogP contribution is 2.25. The van der Waals surface area contributed by atoms with Crippen molar-refractivity contribution in [2.45, 2.75) is 6.04 Å². The standard InChI is InChI=1S/C27H28N4O4/c1-34-24-15-25(17-28-16-24)35-23-9-7-21(8-10-23)27(33)31-18-22(19-31)29-11-13-30(14-12-29)26(32)20-5-3-2-4-6-20/h2-10,15-17,22H,11-14,18-19H2,1H3. The summed E-state index contributed by atoms with van der Waals surface area (Å²) in [6.45, 7) is 4.50. The van der Waals surface area contributed by atoms with Crippen molar-refractivity contribution in [3.8, 4) is 17.2 Å². The number of nitrogens with zero attached hydrogens (tertiary/aromatic N) is 4. The summed E-state index contributed by atoms with van der Waals surface area (Å²) in [4.78, 5) is 35.8. The number of piperazine rings is 1. The summed E-state index contributed by atoms with van der Waals surface area (Å²) in [6.07, 6.45) is 3.22. The van der Waals surface area contributed by atoms with Crippen LogP contribution in [0.15, 0.2) is 73.1 Å². The topological polar surface area (TPSA) is 75.2 Å². The first-order valence-electron chi connectivity index (χ1n) is 11.8. The third-order valence-electron chi connectivity index (χ3n) is 6.55. The van der Waals surface area contributed by atoms with Gasteiger partial charge in [0.15, 0.2) is 0 Å². The van der Waals surface area contributed by atoms with Crippen molar-refractivity contribution in [2.24, 2.45) is 0 Å². The quantitative estimate of drug-likeness (QED) is 0.549. The molecule has 3 aromatic rings. The number of hydrogen-bond donors (Lipinski definition) is 0. The number of pyridine rings is 1. The molecule has 0 bridgehead atoms. The van der Waals surface area contributed by atoms with E-state index in [4.69, 9.17) is 9.47 Å². The van der Waals surface area contributed by atoms with E-state index in [0.29, 0.717) is 55.0 Å². The molecule has 8 heteroatoms. The number of benzene rings is 2. The van der Waals surface area contributed by atoms with Crippen molar-refractivity contribution in [3.63, 3.8) is 0 Å². The zero-order valence-electron chi connectivity index (χ0n) is 19.7. The lowest BCUT2D eigenvalue weighted by molar-refractivity contribution is 0.00854. The fourth-order valence-electron chi connectivity index (χ4n) is 4.46. The number of aromatic nitrogens is 1. The minimum absolute atomic E-state index is 0.0220. The van der Waals surface area contributed by atoms with Crippen LogP contribution in [0.3, 0.4) is 0 Å². The second-order valence-electron chi connectivity index (χ2n) is 8.75. The minimum Gasteiger partial charge on any atom is -0.495 e. The summed E-state index contributed by atoms with van der Waals surface area (Å²) in [5, 5.41) is 0. The monoisotopic (exact) mass is 472 g/mol. The number of ether oxygens (including phenoxy) is 2. The van der Waals surface area contributed by atoms with E-state index >= 15 is 0 Å². The molecule has 8 nitrogen and oxygen atoms in total. The Kier molecular flexibility index (Phi) is 6.63. The molecule has 2 aliphatic heterocycles. The number of hydrogen-bond acceptors (Lipinski definition) is 6. The molecule has 2 aliphatic rings. The number of amides is 2. The molecule has 0 saturated carbocycles. The van der Waals surface area contributed by atoms with E-state index in [1.807, 2.05) is 40.1 Å². The molecule has 5 rings (SSSR count). The Morgan fingerprint density at radius 2 is 1.40 bits per heavy atom. The highest BCUT2D eigenvalue weighted by molar-refractivity contribution is 5.95. The zero-order valence-corrected chi connectivity index (χ0v) is 19.7. The fraction of sp³-hybridized carbons (Fsp3) is 0.296. The zero-order chi connectivity index (χ0) is 24.2. The molecule has 2 amide bonds. The van der Waals surface area contributed by atoms with Crippen molar-refractivity contribution in [3.05, 3.63) is 84.2 Å². The van der Waals surface area contributed by atoms with Crippen molar-refractivity contribution in [1.29, 1.82) is 0 Å². The molecule has 180 valence electrons. The van der Waals surface area contributed by atoms with Crippen LogP contribution in [0.4, 0.5) is 0 Å². The first kappa shape index (κ1) is 22.9. The summed E-state index contributed by atoms with van der Waals surface area (Å²) in [7, 11) is 1.58. The molecular formula is C27H28N4O4. The van der Waals surface area contributed by atoms with E-state index in [1.54, 1.807) is 49.8 Å². The van der Waals surface area contributed by atoms with Crippen LogP contribution in [-0.2, 0) is 0 Å². The fourth-order valence-corrected chi connectivity index (χ4v) is 4.46. The van der Waals surface area contributed by atoms with Gasteiger partial charge in [0.1, 0.15) is 17.2 Å². The van der Waals surface area contributed by atoms with Gasteiger partial charge in [-0.05, 0) is 36.4 Å². The van der Waals surface area contributed by atoms with Crippen LogP contribution in [0.2, 0.25) is 0 Å². The Bertz CT molecular complexity index is 1170. The second kappa shape index (κ2) is 10.1. The Hall–Kier alpha value is -3.91. The first-order chi connectivity index (χ1) is 17.1. The van der Waals surface area contributed by atoms with Crippen molar-refractivity contribution >= 4 is 11.8 Å². The minimum atomic E-state index is 0.0220. The van der Waals surface area contributed by atoms with E-state index in [1.165, 1.54) is 0 Å². The molecule has 0 N–H and O–H groups in total. The number of carbonyl (C=O) groups is 2. The molecule has 1 aromatic heterocycles. The number of carbonyl (C=O) groups excluding carboxylic acids is 2. The lowest BCUT2D eigenvalue weighted by atomic mass is 10.0. The van der Waals surface area contributed by atoms with Crippen LogP contribution in [0.1, 0.15) is 20.7 Å². The number of rotatable bonds is 6. The lowest BCUT2D eigenvalue weighted by Gasteiger charge is -2.48. The third-order valence-corrected chi connectivity index (χ3v) is 6.55. The highest BCUT2D eigenvalue weighted by Gasteiger charge is 2.37. The van der Waals surface area contributed by atoms with Crippen LogP contribution in [0, 0.1) is 0 Å². The van der Waals surface area contributed by atoms with Gasteiger partial charge in [0, 0.05) is 62.5 Å². The highest BCUT2D eigenvalue weighted by atomic mass is 16.5. The molecule has 2 saturated heterocycles. The van der Waals surface area contributed by atoms with E-state index in [-0.39, 0.29) is 11.8 Å². The van der Waals surface area contributed by atoms with E-state index in [2.05, 4.69) is 9.88 Å². The van der Waals surface area contributed by atoms with Gasteiger partial charge in [-0.2, -0.15) is 0 Å². The Morgan fingerprint density at radius 3 is 2.09 bits per heavy atom. The van der Waals surface area contributed by atoms with Crippen LogP contribution in [0.25, 0.3) is 0 Å². The number of likely N-dealkylation sites (tertiary alicyclic amines) is 1. The van der Waals surface area contributed by atoms with Crippen LogP contribution in [-0.4, -0.2) is 83.9 Å². The molecule has 0 aliphatic carbocycles. The normalized spacial score (nSPS) is 16.5. The Balaban J connectivity index is 1.09. The lowest BCUT2D eigenvalue weighted by Crippen LogP contribution is -2.64. The van der Waals surface area contributed by atoms with Gasteiger partial charge in [-0.15, -0.1) is 0 Å². The summed E-state index contributed by atoms with van der Waals surface area (Å²) >= 11 is 0. The van der Waals surface area contributed by atoms with E-state index in [9.17, 15) is 9.59 Å². The largest absolute Gasteiger partial charge is 0.495 e. The maximum atomic E-state index is 12.9. The molecule has 0 radical (unpaired) electrons. The van der Waals surface area contributed by atoms with Gasteiger partial charge in [0.25, 0.3) is 11.8 Å². The molecule has 0 unspecified atom stereocenters. The maximum Gasteiger partial charge on any atom is 0.253 e. The summed E-state index contributed by atoms with van der Waals surface area (Å²) in [5.41, 5.74) is 1.37. The second-order valence-corrected chi connectivity index (χ2v) is 8.75. The van der Waals surface area contributed by atoms with Crippen LogP contribution in [0.5, 0.6) is 17.2 Å². The van der Waals surface area contributed by atoms with Gasteiger partial charge >= 0.3 is 0 Å². The summed E-state index contributed by atoms with van der Waals surface area (Å²) in [6, 6.07) is 18.7. The Labute approximate surface area is 204 Å². The predicted octanol–water partition coefficient (Wildman–Crippen LogP) is 3.16. The Morgan fingerprint density at radius 1 is 0.771 bits per heavy atom. The van der Waals surface area contributed by atoms with Gasteiger partial charge in [0.2, 0.25) is 0 Å². The van der Waals surface area contributed by atoms with E-state index in [0.717, 1.165) is 18.7 Å². The first-order valence-corrected chi connectivity index (χ1v) is 11.8. The van der Waals surface area contributed by atoms with Gasteiger partial charge in [-0.1, -0.05) is 18.2 Å². The summed E-state index contributed by atoms with van der Waals surface area (Å²) in [5.74, 6) is 1.92.